The molecular weight excluding hydrogens is 300 g/mol. The molecule has 1 fully saturated rings. The largest absolute Gasteiger partial charge is 0.389 e. The maximum Gasteiger partial charge on any atom is 0.0959 e. The first kappa shape index (κ1) is 17.4. The summed E-state index contributed by atoms with van der Waals surface area (Å²) >= 11 is 0. The van der Waals surface area contributed by atoms with Crippen LogP contribution < -0.4 is 0 Å². The molecule has 3 rings (SSSR count). The van der Waals surface area contributed by atoms with Gasteiger partial charge in [0.15, 0.2) is 0 Å². The van der Waals surface area contributed by atoms with Crippen molar-refractivity contribution in [2.75, 3.05) is 6.61 Å². The number of hydrogen-bond donors (Lipinski definition) is 1. The molecule has 1 heterocycles. The Hall–Kier alpha value is -1.39. The number of para-hydroxylation sites is 2. The first-order valence-corrected chi connectivity index (χ1v) is 9.24. The smallest absolute Gasteiger partial charge is 0.0959 e. The summed E-state index contributed by atoms with van der Waals surface area (Å²) in [6, 6.07) is 8.01. The predicted molar refractivity (Wildman–Crippen MR) is 96.8 cm³/mol. The topological polar surface area (TPSA) is 47.3 Å². The molecule has 132 valence electrons. The van der Waals surface area contributed by atoms with E-state index in [0.29, 0.717) is 25.0 Å². The van der Waals surface area contributed by atoms with Crippen molar-refractivity contribution in [1.82, 2.24) is 9.55 Å². The van der Waals surface area contributed by atoms with Crippen LogP contribution in [0.2, 0.25) is 0 Å². The molecule has 0 aliphatic heterocycles. The minimum Gasteiger partial charge on any atom is -0.389 e. The number of rotatable bonds is 6. The molecule has 0 amide bonds. The van der Waals surface area contributed by atoms with Crippen LogP contribution >= 0.6 is 0 Å². The number of benzene rings is 1. The molecule has 0 spiro atoms. The van der Waals surface area contributed by atoms with E-state index < -0.39 is 6.10 Å². The zero-order chi connectivity index (χ0) is 17.1. The monoisotopic (exact) mass is 330 g/mol. The molecule has 0 radical (unpaired) electrons. The van der Waals surface area contributed by atoms with Gasteiger partial charge in [-0.3, -0.25) is 0 Å². The molecule has 1 aliphatic carbocycles. The minimum absolute atomic E-state index is 0.280. The maximum atomic E-state index is 10.4. The summed E-state index contributed by atoms with van der Waals surface area (Å²) in [5.41, 5.74) is 2.02. The first-order valence-electron chi connectivity index (χ1n) is 9.24. The van der Waals surface area contributed by atoms with E-state index in [4.69, 9.17) is 4.74 Å². The van der Waals surface area contributed by atoms with E-state index in [9.17, 15) is 5.11 Å². The quantitative estimate of drug-likeness (QED) is 0.874. The molecule has 0 bridgehead atoms. The second kappa shape index (κ2) is 7.66. The SMILES string of the molecule is CC(C)[C@@H]1CC[C@@H](C)C[C@H]1OC[C@H](O)Cn1cnc2ccccc21. The second-order valence-electron chi connectivity index (χ2n) is 7.74. The Morgan fingerprint density at radius 3 is 2.88 bits per heavy atom. The van der Waals surface area contributed by atoms with E-state index in [1.807, 2.05) is 28.8 Å². The van der Waals surface area contributed by atoms with Crippen molar-refractivity contribution in [2.45, 2.75) is 58.8 Å². The van der Waals surface area contributed by atoms with Crippen molar-refractivity contribution in [1.29, 1.82) is 0 Å². The third-order valence-electron chi connectivity index (χ3n) is 5.40. The van der Waals surface area contributed by atoms with Gasteiger partial charge in [0.05, 0.1) is 42.7 Å². The number of aliphatic hydroxyl groups excluding tert-OH is 1. The summed E-state index contributed by atoms with van der Waals surface area (Å²) in [5.74, 6) is 1.97. The molecule has 1 aliphatic rings. The minimum atomic E-state index is -0.507. The van der Waals surface area contributed by atoms with Gasteiger partial charge in [-0.2, -0.15) is 0 Å². The molecular formula is C20H30N2O2. The van der Waals surface area contributed by atoms with Crippen LogP contribution in [0.1, 0.15) is 40.0 Å². The zero-order valence-corrected chi connectivity index (χ0v) is 15.1. The van der Waals surface area contributed by atoms with Crippen LogP contribution in [0.5, 0.6) is 0 Å². The number of fused-ring (bicyclic) bond motifs is 1. The fourth-order valence-corrected chi connectivity index (χ4v) is 3.98. The molecule has 1 aromatic heterocycles. The first-order chi connectivity index (χ1) is 11.5. The van der Waals surface area contributed by atoms with Gasteiger partial charge in [-0.15, -0.1) is 0 Å². The standard InChI is InChI=1S/C20H30N2O2/c1-14(2)17-9-8-15(3)10-20(17)24-12-16(23)11-22-13-21-18-6-4-5-7-19(18)22/h4-7,13-17,20,23H,8-12H2,1-3H3/t15-,16-,17+,20-/m1/s1. The summed E-state index contributed by atoms with van der Waals surface area (Å²) in [6.45, 7) is 7.79. The Labute approximate surface area is 144 Å². The van der Waals surface area contributed by atoms with Crippen LogP contribution in [-0.4, -0.2) is 33.5 Å². The number of hydrogen-bond acceptors (Lipinski definition) is 3. The lowest BCUT2D eigenvalue weighted by molar-refractivity contribution is -0.0714. The van der Waals surface area contributed by atoms with Crippen molar-refractivity contribution in [2.24, 2.45) is 17.8 Å². The lowest BCUT2D eigenvalue weighted by atomic mass is 9.75. The Bertz CT molecular complexity index is 652. The normalized spacial score (nSPS) is 26.1. The van der Waals surface area contributed by atoms with Crippen LogP contribution in [0.25, 0.3) is 11.0 Å². The second-order valence-corrected chi connectivity index (χ2v) is 7.74. The predicted octanol–water partition coefficient (Wildman–Crippen LogP) is 3.87. The van der Waals surface area contributed by atoms with Gasteiger partial charge in [0.25, 0.3) is 0 Å². The van der Waals surface area contributed by atoms with E-state index in [0.717, 1.165) is 23.4 Å². The van der Waals surface area contributed by atoms with Crippen molar-refractivity contribution in [3.63, 3.8) is 0 Å². The molecule has 1 aromatic carbocycles. The molecule has 2 aromatic rings. The van der Waals surface area contributed by atoms with Gasteiger partial charge in [0.1, 0.15) is 0 Å². The van der Waals surface area contributed by atoms with Crippen LogP contribution in [0, 0.1) is 17.8 Å². The Morgan fingerprint density at radius 2 is 2.08 bits per heavy atom. The van der Waals surface area contributed by atoms with Crippen LogP contribution in [0.4, 0.5) is 0 Å². The Morgan fingerprint density at radius 1 is 1.29 bits per heavy atom. The third kappa shape index (κ3) is 3.98. The van der Waals surface area contributed by atoms with Gasteiger partial charge in [-0.25, -0.2) is 4.98 Å². The fourth-order valence-electron chi connectivity index (χ4n) is 3.98. The number of aromatic nitrogens is 2. The summed E-state index contributed by atoms with van der Waals surface area (Å²) in [5, 5.41) is 10.4. The van der Waals surface area contributed by atoms with Crippen molar-refractivity contribution in [3.05, 3.63) is 30.6 Å². The van der Waals surface area contributed by atoms with Gasteiger partial charge >= 0.3 is 0 Å². The number of imidazole rings is 1. The highest BCUT2D eigenvalue weighted by atomic mass is 16.5. The van der Waals surface area contributed by atoms with Crippen molar-refractivity contribution >= 4 is 11.0 Å². The van der Waals surface area contributed by atoms with Crippen molar-refractivity contribution < 1.29 is 9.84 Å². The van der Waals surface area contributed by atoms with Crippen LogP contribution in [-0.2, 0) is 11.3 Å². The van der Waals surface area contributed by atoms with Gasteiger partial charge < -0.3 is 14.4 Å². The van der Waals surface area contributed by atoms with E-state index in [1.54, 1.807) is 6.33 Å². The summed E-state index contributed by atoms with van der Waals surface area (Å²) in [7, 11) is 0. The van der Waals surface area contributed by atoms with Gasteiger partial charge in [0, 0.05) is 0 Å². The zero-order valence-electron chi connectivity index (χ0n) is 15.1. The van der Waals surface area contributed by atoms with Gasteiger partial charge in [-0.05, 0) is 42.7 Å². The molecule has 4 nitrogen and oxygen atoms in total. The molecule has 4 atom stereocenters. The van der Waals surface area contributed by atoms with Gasteiger partial charge in [-0.1, -0.05) is 39.3 Å². The molecule has 1 saturated carbocycles. The Kier molecular flexibility index (Phi) is 5.57. The average Bonchev–Trinajstić information content (AvgIpc) is 2.96. The van der Waals surface area contributed by atoms with E-state index in [2.05, 4.69) is 25.8 Å². The molecule has 0 saturated heterocycles. The van der Waals surface area contributed by atoms with E-state index in [1.165, 1.54) is 12.8 Å². The number of nitrogens with zero attached hydrogens (tertiary/aromatic N) is 2. The highest BCUT2D eigenvalue weighted by molar-refractivity contribution is 5.74. The van der Waals surface area contributed by atoms with Crippen molar-refractivity contribution in [3.8, 4) is 0 Å². The molecule has 1 N–H and O–H groups in total. The number of aliphatic hydroxyl groups is 1. The lowest BCUT2D eigenvalue weighted by Crippen LogP contribution is -2.36. The summed E-state index contributed by atoms with van der Waals surface area (Å²) in [4.78, 5) is 4.38. The summed E-state index contributed by atoms with van der Waals surface area (Å²) < 4.78 is 8.17. The maximum absolute atomic E-state index is 10.4. The van der Waals surface area contributed by atoms with Crippen LogP contribution in [0.15, 0.2) is 30.6 Å². The Balaban J connectivity index is 1.57. The fraction of sp³-hybridized carbons (Fsp3) is 0.650. The van der Waals surface area contributed by atoms with Crippen LogP contribution in [0.3, 0.4) is 0 Å². The molecule has 4 heteroatoms. The molecule has 24 heavy (non-hydrogen) atoms. The highest BCUT2D eigenvalue weighted by Gasteiger charge is 2.31. The summed E-state index contributed by atoms with van der Waals surface area (Å²) in [6.07, 6.45) is 5.23. The number of ether oxygens (including phenoxy) is 1. The van der Waals surface area contributed by atoms with Gasteiger partial charge in [0.2, 0.25) is 0 Å². The molecule has 0 unspecified atom stereocenters. The lowest BCUT2D eigenvalue weighted by Gasteiger charge is -2.37. The van der Waals surface area contributed by atoms with E-state index >= 15 is 0 Å². The average molecular weight is 330 g/mol. The highest BCUT2D eigenvalue weighted by Crippen LogP contribution is 2.35. The third-order valence-corrected chi connectivity index (χ3v) is 5.40. The van der Waals surface area contributed by atoms with E-state index in [-0.39, 0.29) is 6.10 Å².